The second-order valence-electron chi connectivity index (χ2n) is 11.4. The molecule has 0 radical (unpaired) electrons. The number of fused-ring (bicyclic) bond motifs is 2. The van der Waals surface area contributed by atoms with Crippen LogP contribution in [0, 0.1) is 11.8 Å². The molecule has 4 aromatic rings. The number of benzene rings is 1. The molecule has 2 unspecified atom stereocenters. The van der Waals surface area contributed by atoms with E-state index in [0.29, 0.717) is 41.7 Å². The van der Waals surface area contributed by atoms with Crippen LogP contribution in [0.3, 0.4) is 0 Å². The normalized spacial score (nSPS) is 18.9. The molecule has 0 aliphatic carbocycles. The van der Waals surface area contributed by atoms with E-state index in [9.17, 15) is 13.2 Å². The number of carbonyl (C=O) groups excluding carboxylic acids is 1. The summed E-state index contributed by atoms with van der Waals surface area (Å²) in [5.41, 5.74) is 4.95. The summed E-state index contributed by atoms with van der Waals surface area (Å²) in [7, 11) is -3.39. The fraction of sp³-hybridized carbons (Fsp3) is 0.355. The van der Waals surface area contributed by atoms with Crippen molar-refractivity contribution in [2.75, 3.05) is 35.1 Å². The minimum Gasteiger partial charge on any atom is -0.356 e. The first-order valence-electron chi connectivity index (χ1n) is 14.0. The average Bonchev–Trinajstić information content (AvgIpc) is 3.39. The Morgan fingerprint density at radius 3 is 2.56 bits per heavy atom. The highest BCUT2D eigenvalue weighted by atomic mass is 32.2. The first-order chi connectivity index (χ1) is 19.6. The third kappa shape index (κ3) is 5.74. The fourth-order valence-corrected chi connectivity index (χ4v) is 6.95. The van der Waals surface area contributed by atoms with Gasteiger partial charge in [-0.05, 0) is 72.7 Å². The Labute approximate surface area is 240 Å². The molecule has 1 amide bonds. The second-order valence-corrected chi connectivity index (χ2v) is 13.3. The molecule has 0 bridgehead atoms. The Morgan fingerprint density at radius 2 is 1.78 bits per heavy atom. The molecular weight excluding hydrogens is 536 g/mol. The van der Waals surface area contributed by atoms with Gasteiger partial charge in [0, 0.05) is 36.8 Å². The number of hydrogen-bond donors (Lipinski definition) is 1. The van der Waals surface area contributed by atoms with Crippen LogP contribution in [0.25, 0.3) is 22.3 Å². The van der Waals surface area contributed by atoms with Crippen molar-refractivity contribution in [1.82, 2.24) is 20.3 Å². The summed E-state index contributed by atoms with van der Waals surface area (Å²) in [6.45, 7) is 7.22. The molecule has 41 heavy (non-hydrogen) atoms. The van der Waals surface area contributed by atoms with Crippen molar-refractivity contribution in [3.05, 3.63) is 77.6 Å². The van der Waals surface area contributed by atoms with Gasteiger partial charge >= 0.3 is 0 Å². The van der Waals surface area contributed by atoms with E-state index >= 15 is 0 Å². The van der Waals surface area contributed by atoms with Crippen LogP contribution in [0.4, 0.5) is 11.5 Å². The highest BCUT2D eigenvalue weighted by Gasteiger charge is 2.27. The van der Waals surface area contributed by atoms with Gasteiger partial charge in [0.05, 0.1) is 41.1 Å². The van der Waals surface area contributed by atoms with Gasteiger partial charge in [-0.15, -0.1) is 0 Å². The quantitative estimate of drug-likeness (QED) is 0.365. The molecule has 212 valence electrons. The number of amides is 1. The zero-order chi connectivity index (χ0) is 28.7. The SMILES string of the molecule is CC1CC(C)CN(c2cccc(-c3ccc4cnc(CNC(=O)c5ccc6c(c5)N(S(C)(=O)=O)CC6)cc4n3)n2)C1. The van der Waals surface area contributed by atoms with Gasteiger partial charge in [0.25, 0.3) is 5.91 Å². The van der Waals surface area contributed by atoms with E-state index in [4.69, 9.17) is 9.97 Å². The van der Waals surface area contributed by atoms with Crippen LogP contribution in [0.2, 0.25) is 0 Å². The fourth-order valence-electron chi connectivity index (χ4n) is 6.00. The van der Waals surface area contributed by atoms with Crippen LogP contribution < -0.4 is 14.5 Å². The molecule has 1 aromatic carbocycles. The minimum atomic E-state index is -3.39. The number of hydrogen-bond acceptors (Lipinski definition) is 7. The van der Waals surface area contributed by atoms with E-state index in [-0.39, 0.29) is 12.5 Å². The summed E-state index contributed by atoms with van der Waals surface area (Å²) in [6, 6.07) is 17.1. The average molecular weight is 571 g/mol. The number of rotatable bonds is 6. The predicted molar refractivity (Wildman–Crippen MR) is 161 cm³/mol. The molecule has 2 aliphatic heterocycles. The van der Waals surface area contributed by atoms with Gasteiger partial charge in [0.15, 0.2) is 0 Å². The highest BCUT2D eigenvalue weighted by molar-refractivity contribution is 7.92. The molecule has 1 N–H and O–H groups in total. The lowest BCUT2D eigenvalue weighted by Gasteiger charge is -2.35. The molecule has 9 nitrogen and oxygen atoms in total. The lowest BCUT2D eigenvalue weighted by atomic mass is 9.92. The smallest absolute Gasteiger partial charge is 0.251 e. The zero-order valence-electron chi connectivity index (χ0n) is 23.5. The number of piperidine rings is 1. The molecule has 1 fully saturated rings. The third-order valence-corrected chi connectivity index (χ3v) is 9.03. The number of aromatic nitrogens is 3. The summed E-state index contributed by atoms with van der Waals surface area (Å²) in [6.07, 6.45) is 4.82. The van der Waals surface area contributed by atoms with Crippen molar-refractivity contribution in [3.8, 4) is 11.4 Å². The Kier molecular flexibility index (Phi) is 7.11. The van der Waals surface area contributed by atoms with Crippen LogP contribution >= 0.6 is 0 Å². The maximum atomic E-state index is 12.9. The minimum absolute atomic E-state index is 0.215. The van der Waals surface area contributed by atoms with E-state index in [1.807, 2.05) is 36.4 Å². The molecule has 2 atom stereocenters. The summed E-state index contributed by atoms with van der Waals surface area (Å²) < 4.78 is 25.6. The van der Waals surface area contributed by atoms with Crippen molar-refractivity contribution in [2.24, 2.45) is 11.8 Å². The number of nitrogens with zero attached hydrogens (tertiary/aromatic N) is 5. The Bertz CT molecular complexity index is 1730. The van der Waals surface area contributed by atoms with Gasteiger partial charge in [0.1, 0.15) is 5.82 Å². The van der Waals surface area contributed by atoms with Crippen molar-refractivity contribution >= 4 is 38.3 Å². The Morgan fingerprint density at radius 1 is 1.00 bits per heavy atom. The molecule has 6 rings (SSSR count). The number of sulfonamides is 1. The predicted octanol–water partition coefficient (Wildman–Crippen LogP) is 4.43. The van der Waals surface area contributed by atoms with Crippen molar-refractivity contribution < 1.29 is 13.2 Å². The first kappa shape index (κ1) is 27.1. The highest BCUT2D eigenvalue weighted by Crippen LogP contribution is 2.31. The van der Waals surface area contributed by atoms with E-state index in [0.717, 1.165) is 46.8 Å². The molecule has 2 aliphatic rings. The number of carbonyl (C=O) groups is 1. The second kappa shape index (κ2) is 10.7. The van der Waals surface area contributed by atoms with Crippen LogP contribution in [-0.2, 0) is 23.0 Å². The monoisotopic (exact) mass is 570 g/mol. The Hall–Kier alpha value is -4.05. The van der Waals surface area contributed by atoms with Gasteiger partial charge in [-0.1, -0.05) is 26.0 Å². The molecule has 10 heteroatoms. The maximum Gasteiger partial charge on any atom is 0.251 e. The lowest BCUT2D eigenvalue weighted by molar-refractivity contribution is 0.0950. The van der Waals surface area contributed by atoms with Gasteiger partial charge in [-0.25, -0.2) is 18.4 Å². The van der Waals surface area contributed by atoms with Crippen LogP contribution in [0.1, 0.15) is 41.9 Å². The molecule has 3 aromatic heterocycles. The first-order valence-corrected chi connectivity index (χ1v) is 15.9. The Balaban J connectivity index is 1.19. The van der Waals surface area contributed by atoms with Gasteiger partial charge in [-0.3, -0.25) is 14.1 Å². The van der Waals surface area contributed by atoms with Gasteiger partial charge < -0.3 is 10.2 Å². The van der Waals surface area contributed by atoms with Gasteiger partial charge in [0.2, 0.25) is 10.0 Å². The lowest BCUT2D eigenvalue weighted by Crippen LogP contribution is -2.39. The van der Waals surface area contributed by atoms with Crippen molar-refractivity contribution in [2.45, 2.75) is 33.2 Å². The van der Waals surface area contributed by atoms with Crippen molar-refractivity contribution in [3.63, 3.8) is 0 Å². The van der Waals surface area contributed by atoms with E-state index in [1.165, 1.54) is 17.0 Å². The van der Waals surface area contributed by atoms with E-state index < -0.39 is 10.0 Å². The van der Waals surface area contributed by atoms with Crippen LogP contribution in [0.15, 0.2) is 60.8 Å². The van der Waals surface area contributed by atoms with Crippen LogP contribution in [0.5, 0.6) is 0 Å². The molecule has 0 saturated carbocycles. The van der Waals surface area contributed by atoms with E-state index in [1.54, 1.807) is 18.3 Å². The molecule has 0 spiro atoms. The topological polar surface area (TPSA) is 108 Å². The summed E-state index contributed by atoms with van der Waals surface area (Å²) in [4.78, 5) is 29.7. The summed E-state index contributed by atoms with van der Waals surface area (Å²) >= 11 is 0. The van der Waals surface area contributed by atoms with E-state index in [2.05, 4.69) is 35.1 Å². The molecule has 1 saturated heterocycles. The maximum absolute atomic E-state index is 12.9. The molecular formula is C31H34N6O3S. The third-order valence-electron chi connectivity index (χ3n) is 7.85. The number of pyridine rings is 3. The largest absolute Gasteiger partial charge is 0.356 e. The van der Waals surface area contributed by atoms with Crippen molar-refractivity contribution in [1.29, 1.82) is 0 Å². The zero-order valence-corrected chi connectivity index (χ0v) is 24.4. The number of anilines is 2. The number of nitrogens with one attached hydrogen (secondary N) is 1. The van der Waals surface area contributed by atoms with Crippen LogP contribution in [-0.4, -0.2) is 55.2 Å². The summed E-state index contributed by atoms with van der Waals surface area (Å²) in [5.74, 6) is 1.96. The van der Waals surface area contributed by atoms with Gasteiger partial charge in [-0.2, -0.15) is 0 Å². The standard InChI is InChI=1S/C31H34N6O3S/c1-20-13-21(2)19-36(18-20)30-6-4-5-26(35-30)27-10-9-24-16-32-25(15-28(24)34-27)17-33-31(38)23-8-7-22-11-12-37(29(22)14-23)41(3,39)40/h4-10,14-16,20-21H,11-13,17-19H2,1-3H3,(H,33,38). The summed E-state index contributed by atoms with van der Waals surface area (Å²) in [5, 5.41) is 3.81. The molecule has 5 heterocycles.